The van der Waals surface area contributed by atoms with E-state index in [-0.39, 0.29) is 36.0 Å². The van der Waals surface area contributed by atoms with Crippen LogP contribution in [0.25, 0.3) is 0 Å². The van der Waals surface area contributed by atoms with Gasteiger partial charge >= 0.3 is 5.97 Å². The molecule has 284 valence electrons. The maximum absolute atomic E-state index is 13.9. The zero-order chi connectivity index (χ0) is 38.3. The van der Waals surface area contributed by atoms with Gasteiger partial charge in [0.15, 0.2) is 0 Å². The van der Waals surface area contributed by atoms with Crippen LogP contribution in [0.4, 0.5) is 0 Å². The Labute approximate surface area is 296 Å². The smallest absolute Gasteiger partial charge is 0.326 e. The van der Waals surface area contributed by atoms with Crippen LogP contribution in [0.1, 0.15) is 101 Å². The van der Waals surface area contributed by atoms with Gasteiger partial charge in [-0.2, -0.15) is 0 Å². The molecule has 0 aliphatic carbocycles. The number of rotatable bonds is 22. The summed E-state index contributed by atoms with van der Waals surface area (Å²) in [6.07, 6.45) is 4.93. The molecule has 0 spiro atoms. The van der Waals surface area contributed by atoms with Crippen LogP contribution >= 0.6 is 0 Å². The van der Waals surface area contributed by atoms with E-state index in [1.165, 1.54) is 12.5 Å². The van der Waals surface area contributed by atoms with Crippen molar-refractivity contribution >= 4 is 35.5 Å². The van der Waals surface area contributed by atoms with Crippen LogP contribution in [0.15, 0.2) is 12.5 Å². The Bertz CT molecular complexity index is 1260. The molecule has 0 radical (unpaired) electrons. The Balaban J connectivity index is 3.28. The SMILES string of the molecule is CC[C@H](C)[C@H](NC(=O)[C@@H](N)C(C)C)C(=O)N[C@H](C(=O)N[C@H](C(=O)N[C@H](C(=O)N[C@@H](Cc1cnc[nH]1)C(=O)O)[C@@H](C)CC)[C@@H](C)CC)[C@@H](C)CC. The lowest BCUT2D eigenvalue weighted by molar-refractivity contribution is -0.142. The lowest BCUT2D eigenvalue weighted by Gasteiger charge is -2.32. The molecule has 0 unspecified atom stereocenters. The topological polar surface area (TPSA) is 237 Å². The third-order valence-electron chi connectivity index (χ3n) is 9.79. The summed E-state index contributed by atoms with van der Waals surface area (Å²) >= 11 is 0. The number of aliphatic carboxylic acids is 1. The van der Waals surface area contributed by atoms with Crippen LogP contribution in [-0.4, -0.2) is 86.8 Å². The van der Waals surface area contributed by atoms with Gasteiger partial charge in [-0.25, -0.2) is 9.78 Å². The molecule has 0 aliphatic heterocycles. The van der Waals surface area contributed by atoms with Crippen LogP contribution in [0.3, 0.4) is 0 Å². The maximum Gasteiger partial charge on any atom is 0.326 e. The zero-order valence-corrected chi connectivity index (χ0v) is 31.5. The summed E-state index contributed by atoms with van der Waals surface area (Å²) in [5.74, 6) is -5.62. The molecule has 1 rings (SSSR count). The molecule has 15 heteroatoms. The molecular formula is C35H62N8O7. The number of aromatic nitrogens is 2. The Morgan fingerprint density at radius 3 is 1.26 bits per heavy atom. The second-order valence-corrected chi connectivity index (χ2v) is 13.9. The number of nitrogens with one attached hydrogen (secondary N) is 6. The number of carbonyl (C=O) groups is 6. The van der Waals surface area contributed by atoms with Gasteiger partial charge < -0.3 is 42.4 Å². The zero-order valence-electron chi connectivity index (χ0n) is 31.5. The molecule has 5 amide bonds. The normalized spacial score (nSPS) is 17.4. The largest absolute Gasteiger partial charge is 0.480 e. The van der Waals surface area contributed by atoms with Crippen LogP contribution in [0.2, 0.25) is 0 Å². The number of nitrogens with two attached hydrogens (primary N) is 1. The van der Waals surface area contributed by atoms with Gasteiger partial charge in [0.1, 0.15) is 30.2 Å². The first-order valence-corrected chi connectivity index (χ1v) is 17.9. The minimum absolute atomic E-state index is 0.0391. The first-order chi connectivity index (χ1) is 23.4. The fourth-order valence-corrected chi connectivity index (χ4v) is 5.17. The van der Waals surface area contributed by atoms with Crippen LogP contribution in [0.5, 0.6) is 0 Å². The quantitative estimate of drug-likeness (QED) is 0.0873. The first-order valence-electron chi connectivity index (χ1n) is 17.9. The van der Waals surface area contributed by atoms with E-state index in [0.717, 1.165) is 0 Å². The van der Waals surface area contributed by atoms with Gasteiger partial charge in [-0.3, -0.25) is 24.0 Å². The number of aromatic amines is 1. The number of carboxylic acid groups (broad SMARTS) is 1. The Hall–Kier alpha value is -4.01. The number of hydrogen-bond donors (Lipinski definition) is 8. The second-order valence-electron chi connectivity index (χ2n) is 13.9. The minimum atomic E-state index is -1.28. The van der Waals surface area contributed by atoms with Crippen molar-refractivity contribution in [3.63, 3.8) is 0 Å². The summed E-state index contributed by atoms with van der Waals surface area (Å²) in [6.45, 7) is 18.3. The van der Waals surface area contributed by atoms with Crippen molar-refractivity contribution in [1.82, 2.24) is 36.6 Å². The summed E-state index contributed by atoms with van der Waals surface area (Å²) < 4.78 is 0. The van der Waals surface area contributed by atoms with Gasteiger partial charge in [-0.15, -0.1) is 0 Å². The number of hydrogen-bond acceptors (Lipinski definition) is 8. The number of carbonyl (C=O) groups excluding carboxylic acids is 5. The van der Waals surface area contributed by atoms with Crippen molar-refractivity contribution in [3.8, 4) is 0 Å². The highest BCUT2D eigenvalue weighted by atomic mass is 16.4. The molecule has 0 fully saturated rings. The van der Waals surface area contributed by atoms with Gasteiger partial charge in [0, 0.05) is 18.3 Å². The van der Waals surface area contributed by atoms with Crippen LogP contribution in [0, 0.1) is 29.6 Å². The molecule has 0 bridgehead atoms. The molecule has 1 aromatic rings. The fraction of sp³-hybridized carbons (Fsp3) is 0.743. The van der Waals surface area contributed by atoms with Crippen molar-refractivity contribution in [2.24, 2.45) is 35.3 Å². The molecule has 50 heavy (non-hydrogen) atoms. The summed E-state index contributed by atoms with van der Waals surface area (Å²) in [5, 5.41) is 23.5. The van der Waals surface area contributed by atoms with E-state index < -0.39 is 71.8 Å². The highest BCUT2D eigenvalue weighted by Crippen LogP contribution is 2.16. The van der Waals surface area contributed by atoms with Crippen LogP contribution < -0.4 is 32.3 Å². The van der Waals surface area contributed by atoms with Crippen LogP contribution in [-0.2, 0) is 35.2 Å². The molecule has 9 N–H and O–H groups in total. The first kappa shape index (κ1) is 44.0. The lowest BCUT2D eigenvalue weighted by atomic mass is 9.92. The average Bonchev–Trinajstić information content (AvgIpc) is 3.61. The third-order valence-corrected chi connectivity index (χ3v) is 9.79. The van der Waals surface area contributed by atoms with E-state index in [1.807, 2.05) is 48.5 Å². The minimum Gasteiger partial charge on any atom is -0.480 e. The summed E-state index contributed by atoms with van der Waals surface area (Å²) in [7, 11) is 0. The number of imidazole rings is 1. The van der Waals surface area contributed by atoms with Gasteiger partial charge in [0.2, 0.25) is 29.5 Å². The predicted octanol–water partition coefficient (Wildman–Crippen LogP) is 1.63. The molecule has 0 saturated heterocycles. The number of amides is 5. The second kappa shape index (κ2) is 21.3. The van der Waals surface area contributed by atoms with Crippen molar-refractivity contribution < 1.29 is 33.9 Å². The predicted molar refractivity (Wildman–Crippen MR) is 190 cm³/mol. The van der Waals surface area contributed by atoms with Crippen molar-refractivity contribution in [1.29, 1.82) is 0 Å². The summed E-state index contributed by atoms with van der Waals surface area (Å²) in [5.41, 5.74) is 6.55. The van der Waals surface area contributed by atoms with Gasteiger partial charge in [-0.1, -0.05) is 94.9 Å². The van der Waals surface area contributed by atoms with Crippen molar-refractivity contribution in [3.05, 3.63) is 18.2 Å². The highest BCUT2D eigenvalue weighted by Gasteiger charge is 2.37. The monoisotopic (exact) mass is 706 g/mol. The molecular weight excluding hydrogens is 644 g/mol. The highest BCUT2D eigenvalue weighted by molar-refractivity contribution is 5.96. The molecule has 10 atom stereocenters. The number of carboxylic acids is 1. The lowest BCUT2D eigenvalue weighted by Crippen LogP contribution is -2.62. The van der Waals surface area contributed by atoms with Gasteiger partial charge in [0.25, 0.3) is 0 Å². The van der Waals surface area contributed by atoms with E-state index in [9.17, 15) is 33.9 Å². The Kier molecular flexibility index (Phi) is 18.7. The molecule has 0 aromatic carbocycles. The van der Waals surface area contributed by atoms with Crippen molar-refractivity contribution in [2.45, 2.75) is 138 Å². The molecule has 1 heterocycles. The maximum atomic E-state index is 13.9. The Morgan fingerprint density at radius 2 is 0.980 bits per heavy atom. The van der Waals surface area contributed by atoms with E-state index in [2.05, 4.69) is 36.6 Å². The number of H-pyrrole nitrogens is 1. The number of nitrogens with zero attached hydrogens (tertiary/aromatic N) is 1. The Morgan fingerprint density at radius 1 is 0.640 bits per heavy atom. The standard InChI is InChI=1S/C35H62N8O7/c1-11-19(7)26(31(45)39-24(35(49)50)15-23-16-37-17-38-23)41-33(47)28(21(9)13-3)43-34(48)29(22(10)14-4)42-32(46)27(20(8)12-2)40-30(44)25(36)18(5)6/h16-22,24-29H,11-15,36H2,1-10H3,(H,37,38)(H,39,45)(H,40,44)(H,41,47)(H,42,46)(H,43,48)(H,49,50)/t19-,20-,21-,22-,24-,25-,26-,27-,28-,29-/m0/s1. The molecule has 0 saturated carbocycles. The van der Waals surface area contributed by atoms with Gasteiger partial charge in [0.05, 0.1) is 12.4 Å². The van der Waals surface area contributed by atoms with E-state index in [4.69, 9.17) is 5.73 Å². The molecule has 1 aromatic heterocycles. The molecule has 15 nitrogen and oxygen atoms in total. The summed E-state index contributed by atoms with van der Waals surface area (Å²) in [4.78, 5) is 86.4. The molecule has 0 aliphatic rings. The van der Waals surface area contributed by atoms with E-state index in [0.29, 0.717) is 31.4 Å². The van der Waals surface area contributed by atoms with E-state index >= 15 is 0 Å². The van der Waals surface area contributed by atoms with E-state index in [1.54, 1.807) is 20.8 Å². The van der Waals surface area contributed by atoms with Crippen molar-refractivity contribution in [2.75, 3.05) is 0 Å². The fourth-order valence-electron chi connectivity index (χ4n) is 5.17. The van der Waals surface area contributed by atoms with Gasteiger partial charge in [-0.05, 0) is 29.6 Å². The average molecular weight is 707 g/mol. The summed E-state index contributed by atoms with van der Waals surface area (Å²) in [6, 6.07) is -6.25. The third kappa shape index (κ3) is 13.0.